The van der Waals surface area contributed by atoms with E-state index in [-0.39, 0.29) is 12.5 Å². The first-order chi connectivity index (χ1) is 13.7. The molecule has 0 aliphatic heterocycles. The van der Waals surface area contributed by atoms with E-state index in [9.17, 15) is 40.7 Å². The lowest BCUT2D eigenvalue weighted by Gasteiger charge is -2.19. The minimum absolute atomic E-state index is 0.0588. The summed E-state index contributed by atoms with van der Waals surface area (Å²) in [6.45, 7) is 1.40. The summed E-state index contributed by atoms with van der Waals surface area (Å²) < 4.78 is 86.5. The van der Waals surface area contributed by atoms with Gasteiger partial charge in [0.2, 0.25) is 5.91 Å². The summed E-state index contributed by atoms with van der Waals surface area (Å²) in [7, 11) is 2.11. The van der Waals surface area contributed by atoms with Crippen LogP contribution in [-0.4, -0.2) is 38.1 Å². The third-order valence-electron chi connectivity index (χ3n) is 4.03. The van der Waals surface area contributed by atoms with Gasteiger partial charge in [0.1, 0.15) is 6.04 Å². The normalized spacial score (nSPS) is 13.9. The van der Waals surface area contributed by atoms with Gasteiger partial charge >= 0.3 is 24.3 Å². The number of halogens is 6. The molecule has 0 heterocycles. The van der Waals surface area contributed by atoms with E-state index in [1.807, 2.05) is 0 Å². The van der Waals surface area contributed by atoms with Crippen molar-refractivity contribution >= 4 is 17.8 Å². The minimum atomic E-state index is -5.06. The van der Waals surface area contributed by atoms with Gasteiger partial charge in [0, 0.05) is 0 Å². The molecule has 1 N–H and O–H groups in total. The molecule has 30 heavy (non-hydrogen) atoms. The largest absolute Gasteiger partial charge is 0.469 e. The van der Waals surface area contributed by atoms with E-state index in [2.05, 4.69) is 14.8 Å². The lowest BCUT2D eigenvalue weighted by Crippen LogP contribution is -2.44. The lowest BCUT2D eigenvalue weighted by atomic mass is 10.00. The number of alkyl halides is 6. The number of ether oxygens (including phenoxy) is 2. The standard InChI is InChI=1S/C18H19F6NO5/c1-9(15(27)29-2)4-13(16(28)30-3)25-14(26)7-10-5-11(17(19,20)21)8-12(6-10)18(22,23)24/h5-6,8-9,13H,4,7H2,1-3H3,(H,25,26)/t9-,13-/m1/s1. The van der Waals surface area contributed by atoms with Crippen LogP contribution in [0.25, 0.3) is 0 Å². The second-order valence-electron chi connectivity index (χ2n) is 6.39. The Kier molecular flexibility index (Phi) is 8.25. The number of carbonyl (C=O) groups excluding carboxylic acids is 3. The zero-order valence-corrected chi connectivity index (χ0v) is 16.1. The van der Waals surface area contributed by atoms with Crippen molar-refractivity contribution in [2.75, 3.05) is 14.2 Å². The quantitative estimate of drug-likeness (QED) is 0.518. The average molecular weight is 443 g/mol. The molecule has 12 heteroatoms. The molecule has 0 saturated heterocycles. The summed E-state index contributed by atoms with van der Waals surface area (Å²) in [5.74, 6) is -3.51. The van der Waals surface area contributed by atoms with Gasteiger partial charge in [-0.15, -0.1) is 0 Å². The molecule has 1 aromatic rings. The topological polar surface area (TPSA) is 81.7 Å². The van der Waals surface area contributed by atoms with Gasteiger partial charge in [0.15, 0.2) is 0 Å². The van der Waals surface area contributed by atoms with Crippen LogP contribution in [0.15, 0.2) is 18.2 Å². The predicted octanol–water partition coefficient (Wildman–Crippen LogP) is 3.12. The summed E-state index contributed by atoms with van der Waals surface area (Å²) in [4.78, 5) is 35.5. The molecule has 0 radical (unpaired) electrons. The molecule has 168 valence electrons. The monoisotopic (exact) mass is 443 g/mol. The lowest BCUT2D eigenvalue weighted by molar-refractivity contribution is -0.149. The van der Waals surface area contributed by atoms with Crippen molar-refractivity contribution in [3.63, 3.8) is 0 Å². The Hall–Kier alpha value is -2.79. The Morgan fingerprint density at radius 3 is 1.77 bits per heavy atom. The van der Waals surface area contributed by atoms with Crippen LogP contribution in [0, 0.1) is 5.92 Å². The third kappa shape index (κ3) is 7.23. The molecular weight excluding hydrogens is 424 g/mol. The van der Waals surface area contributed by atoms with E-state index < -0.39 is 65.3 Å². The van der Waals surface area contributed by atoms with Crippen LogP contribution >= 0.6 is 0 Å². The van der Waals surface area contributed by atoms with Gasteiger partial charge < -0.3 is 14.8 Å². The maximum absolute atomic E-state index is 12.9. The highest BCUT2D eigenvalue weighted by Gasteiger charge is 2.37. The Morgan fingerprint density at radius 1 is 0.900 bits per heavy atom. The van der Waals surface area contributed by atoms with Crippen LogP contribution in [-0.2, 0) is 42.6 Å². The van der Waals surface area contributed by atoms with Crippen LogP contribution in [0.5, 0.6) is 0 Å². The number of amides is 1. The summed E-state index contributed by atoms with van der Waals surface area (Å²) in [6.07, 6.45) is -11.2. The number of rotatable bonds is 7. The number of carbonyl (C=O) groups is 3. The zero-order chi connectivity index (χ0) is 23.3. The van der Waals surface area contributed by atoms with E-state index in [0.717, 1.165) is 14.2 Å². The fraction of sp³-hybridized carbons (Fsp3) is 0.500. The Morgan fingerprint density at radius 2 is 1.37 bits per heavy atom. The van der Waals surface area contributed by atoms with Gasteiger partial charge in [-0.3, -0.25) is 9.59 Å². The fourth-order valence-corrected chi connectivity index (χ4v) is 2.56. The van der Waals surface area contributed by atoms with E-state index in [1.165, 1.54) is 6.92 Å². The van der Waals surface area contributed by atoms with Crippen LogP contribution in [0.4, 0.5) is 26.3 Å². The van der Waals surface area contributed by atoms with Crippen molar-refractivity contribution in [3.05, 3.63) is 34.9 Å². The molecule has 0 spiro atoms. The van der Waals surface area contributed by atoms with Gasteiger partial charge in [0.05, 0.1) is 37.7 Å². The number of hydrogen-bond donors (Lipinski definition) is 1. The van der Waals surface area contributed by atoms with Gasteiger partial charge in [-0.25, -0.2) is 4.79 Å². The first kappa shape index (κ1) is 25.2. The van der Waals surface area contributed by atoms with Crippen molar-refractivity contribution < 1.29 is 50.2 Å². The number of esters is 2. The van der Waals surface area contributed by atoms with E-state index >= 15 is 0 Å². The smallest absolute Gasteiger partial charge is 0.416 e. The van der Waals surface area contributed by atoms with Crippen LogP contribution < -0.4 is 5.32 Å². The summed E-state index contributed by atoms with van der Waals surface area (Å²) in [6, 6.07) is -0.584. The molecule has 2 atom stereocenters. The van der Waals surface area contributed by atoms with Crippen molar-refractivity contribution in [2.24, 2.45) is 5.92 Å². The van der Waals surface area contributed by atoms with Crippen molar-refractivity contribution in [1.29, 1.82) is 0 Å². The summed E-state index contributed by atoms with van der Waals surface area (Å²) in [5.41, 5.74) is -3.69. The molecule has 0 aliphatic rings. The Bertz CT molecular complexity index is 758. The summed E-state index contributed by atoms with van der Waals surface area (Å²) in [5, 5.41) is 2.16. The van der Waals surface area contributed by atoms with E-state index in [0.29, 0.717) is 12.1 Å². The molecule has 0 aromatic heterocycles. The van der Waals surface area contributed by atoms with Crippen molar-refractivity contribution in [3.8, 4) is 0 Å². The van der Waals surface area contributed by atoms with Crippen molar-refractivity contribution in [1.82, 2.24) is 5.32 Å². The van der Waals surface area contributed by atoms with Crippen molar-refractivity contribution in [2.45, 2.75) is 38.2 Å². The SMILES string of the molecule is COC(=O)[C@H](C)C[C@@H](NC(=O)Cc1cc(C(F)(F)F)cc(C(F)(F)F)c1)C(=O)OC. The molecule has 0 unspecified atom stereocenters. The Labute approximate surface area is 167 Å². The molecular formula is C18H19F6NO5. The molecule has 0 aliphatic carbocycles. The highest BCUT2D eigenvalue weighted by Crippen LogP contribution is 2.36. The van der Waals surface area contributed by atoms with Crippen LogP contribution in [0.2, 0.25) is 0 Å². The maximum Gasteiger partial charge on any atom is 0.416 e. The molecule has 1 rings (SSSR count). The number of methoxy groups -OCH3 is 2. The molecule has 0 bridgehead atoms. The zero-order valence-electron chi connectivity index (χ0n) is 16.1. The van der Waals surface area contributed by atoms with E-state index in [1.54, 1.807) is 0 Å². The fourth-order valence-electron chi connectivity index (χ4n) is 2.56. The molecule has 1 aromatic carbocycles. The number of nitrogens with one attached hydrogen (secondary N) is 1. The third-order valence-corrected chi connectivity index (χ3v) is 4.03. The molecule has 0 saturated carbocycles. The first-order valence-corrected chi connectivity index (χ1v) is 8.42. The number of hydrogen-bond acceptors (Lipinski definition) is 5. The van der Waals surface area contributed by atoms with Gasteiger partial charge in [0.25, 0.3) is 0 Å². The van der Waals surface area contributed by atoms with Gasteiger partial charge in [-0.2, -0.15) is 26.3 Å². The average Bonchev–Trinajstić information content (AvgIpc) is 2.64. The highest BCUT2D eigenvalue weighted by molar-refractivity contribution is 5.86. The molecule has 0 fully saturated rings. The number of benzene rings is 1. The van der Waals surface area contributed by atoms with Gasteiger partial charge in [-0.05, 0) is 30.2 Å². The first-order valence-electron chi connectivity index (χ1n) is 8.42. The molecule has 6 nitrogen and oxygen atoms in total. The maximum atomic E-state index is 12.9. The minimum Gasteiger partial charge on any atom is -0.469 e. The van der Waals surface area contributed by atoms with Crippen LogP contribution in [0.3, 0.4) is 0 Å². The summed E-state index contributed by atoms with van der Waals surface area (Å²) >= 11 is 0. The predicted molar refractivity (Wildman–Crippen MR) is 89.9 cm³/mol. The Balaban J connectivity index is 3.08. The van der Waals surface area contributed by atoms with Gasteiger partial charge in [-0.1, -0.05) is 6.92 Å². The second-order valence-corrected chi connectivity index (χ2v) is 6.39. The van der Waals surface area contributed by atoms with E-state index in [4.69, 9.17) is 0 Å². The van der Waals surface area contributed by atoms with Crippen LogP contribution in [0.1, 0.15) is 30.0 Å². The molecule has 1 amide bonds. The highest BCUT2D eigenvalue weighted by atomic mass is 19.4. The second kappa shape index (κ2) is 9.81.